The van der Waals surface area contributed by atoms with Crippen LogP contribution in [0.5, 0.6) is 0 Å². The highest BCUT2D eigenvalue weighted by Gasteiger charge is 2.31. The summed E-state index contributed by atoms with van der Waals surface area (Å²) in [6.45, 7) is 3.82. The molecule has 9 heteroatoms. The topological polar surface area (TPSA) is 105 Å². The Labute approximate surface area is 243 Å². The summed E-state index contributed by atoms with van der Waals surface area (Å²) >= 11 is 0. The van der Waals surface area contributed by atoms with Crippen LogP contribution in [-0.4, -0.2) is 50.9 Å². The zero-order chi connectivity index (χ0) is 29.1. The van der Waals surface area contributed by atoms with Crippen molar-refractivity contribution in [1.82, 2.24) is 14.9 Å². The zero-order valence-corrected chi connectivity index (χ0v) is 24.3. The van der Waals surface area contributed by atoms with Crippen molar-refractivity contribution < 1.29 is 22.7 Å². The van der Waals surface area contributed by atoms with Gasteiger partial charge in [0.1, 0.15) is 6.04 Å². The Balaban J connectivity index is 1.51. The number of ether oxygens (including phenoxy) is 1. The molecule has 1 aliphatic rings. The summed E-state index contributed by atoms with van der Waals surface area (Å²) in [5, 5.41) is 3.00. The molecule has 1 aliphatic carbocycles. The number of rotatable bonds is 16. The molecule has 0 radical (unpaired) electrons. The Hall–Kier alpha value is -3.53. The zero-order valence-electron chi connectivity index (χ0n) is 23.5. The van der Waals surface area contributed by atoms with Crippen molar-refractivity contribution in [2.24, 2.45) is 0 Å². The number of nitrogens with zero attached hydrogens (tertiary/aromatic N) is 1. The second-order valence-electron chi connectivity index (χ2n) is 10.2. The molecule has 0 spiro atoms. The average molecular weight is 578 g/mol. The number of aryl methyl sites for hydroxylation is 1. The number of carbonyl (C=O) groups is 2. The van der Waals surface area contributed by atoms with Crippen LogP contribution in [0, 0.1) is 0 Å². The van der Waals surface area contributed by atoms with E-state index in [9.17, 15) is 18.0 Å². The maximum Gasteiger partial charge on any atom is 0.247 e. The Bertz CT molecular complexity index is 1360. The quantitative estimate of drug-likeness (QED) is 0.246. The van der Waals surface area contributed by atoms with Crippen molar-refractivity contribution in [1.29, 1.82) is 0 Å². The lowest BCUT2D eigenvalue weighted by atomic mass is 10.0. The Morgan fingerprint density at radius 3 is 2.22 bits per heavy atom. The van der Waals surface area contributed by atoms with Gasteiger partial charge in [0, 0.05) is 38.8 Å². The van der Waals surface area contributed by atoms with E-state index in [4.69, 9.17) is 4.74 Å². The Morgan fingerprint density at radius 2 is 1.59 bits per heavy atom. The first-order chi connectivity index (χ1) is 19.9. The number of nitrogens with one attached hydrogen (secondary N) is 2. The van der Waals surface area contributed by atoms with E-state index in [0.717, 1.165) is 29.5 Å². The molecule has 0 unspecified atom stereocenters. The number of hydrogen-bond donors (Lipinski definition) is 2. The molecule has 3 aromatic rings. The first-order valence-electron chi connectivity index (χ1n) is 14.2. The third kappa shape index (κ3) is 9.24. The predicted molar refractivity (Wildman–Crippen MR) is 158 cm³/mol. The van der Waals surface area contributed by atoms with E-state index in [0.29, 0.717) is 32.6 Å². The molecule has 0 heterocycles. The van der Waals surface area contributed by atoms with Gasteiger partial charge in [0.25, 0.3) is 0 Å². The van der Waals surface area contributed by atoms with E-state index in [2.05, 4.69) is 10.0 Å². The maximum atomic E-state index is 13.8. The van der Waals surface area contributed by atoms with Gasteiger partial charge in [0.15, 0.2) is 0 Å². The van der Waals surface area contributed by atoms with Crippen LogP contribution in [0.25, 0.3) is 0 Å². The second kappa shape index (κ2) is 14.9. The van der Waals surface area contributed by atoms with Gasteiger partial charge in [0.05, 0.1) is 4.90 Å². The van der Waals surface area contributed by atoms with Gasteiger partial charge < -0.3 is 15.0 Å². The molecule has 218 valence electrons. The van der Waals surface area contributed by atoms with Gasteiger partial charge in [-0.3, -0.25) is 9.59 Å². The minimum Gasteiger partial charge on any atom is -0.382 e. The van der Waals surface area contributed by atoms with Crippen molar-refractivity contribution in [2.75, 3.05) is 19.8 Å². The Morgan fingerprint density at radius 1 is 0.927 bits per heavy atom. The second-order valence-corrected chi connectivity index (χ2v) is 11.9. The van der Waals surface area contributed by atoms with Crippen LogP contribution in [-0.2, 0) is 37.3 Å². The van der Waals surface area contributed by atoms with Crippen LogP contribution in [0.1, 0.15) is 55.3 Å². The third-order valence-electron chi connectivity index (χ3n) is 6.92. The number of hydrogen-bond acceptors (Lipinski definition) is 5. The molecule has 8 nitrogen and oxygen atoms in total. The normalized spacial score (nSPS) is 13.9. The molecule has 0 saturated heterocycles. The van der Waals surface area contributed by atoms with Crippen LogP contribution < -0.4 is 10.0 Å². The van der Waals surface area contributed by atoms with Gasteiger partial charge in [0.2, 0.25) is 21.8 Å². The summed E-state index contributed by atoms with van der Waals surface area (Å²) < 4.78 is 33.1. The largest absolute Gasteiger partial charge is 0.382 e. The van der Waals surface area contributed by atoms with Crippen LogP contribution in [0.15, 0.2) is 89.8 Å². The van der Waals surface area contributed by atoms with Crippen molar-refractivity contribution in [3.63, 3.8) is 0 Å². The minimum absolute atomic E-state index is 0.0346. The Kier molecular flexibility index (Phi) is 11.1. The summed E-state index contributed by atoms with van der Waals surface area (Å²) in [4.78, 5) is 29.3. The number of sulfonamides is 1. The lowest BCUT2D eigenvalue weighted by molar-refractivity contribution is -0.141. The van der Waals surface area contributed by atoms with E-state index < -0.39 is 16.1 Å². The standard InChI is InChI=1S/C32H39N3O5S/c1-2-40-23-9-22-33-32(37)31(27-12-7-4-8-13-27)35(24-26-10-5-3-6-11-26)30(36)21-16-25-14-19-29(20-15-25)41(38,39)34-28-17-18-28/h3-8,10-15,19-20,28,31,34H,2,9,16-18,21-24H2,1H3,(H,33,37)/t31-/m1/s1. The van der Waals surface area contributed by atoms with Gasteiger partial charge in [-0.15, -0.1) is 0 Å². The van der Waals surface area contributed by atoms with Crippen molar-refractivity contribution in [3.8, 4) is 0 Å². The molecule has 0 aliphatic heterocycles. The highest BCUT2D eigenvalue weighted by Crippen LogP contribution is 2.26. The van der Waals surface area contributed by atoms with Crippen molar-refractivity contribution in [3.05, 3.63) is 102 Å². The summed E-state index contributed by atoms with van der Waals surface area (Å²) in [7, 11) is -3.54. The lowest BCUT2D eigenvalue weighted by Gasteiger charge is -2.32. The fourth-order valence-corrected chi connectivity index (χ4v) is 5.86. The molecule has 2 N–H and O–H groups in total. The minimum atomic E-state index is -3.54. The summed E-state index contributed by atoms with van der Waals surface area (Å²) in [6, 6.07) is 24.8. The molecule has 1 saturated carbocycles. The number of benzene rings is 3. The monoisotopic (exact) mass is 577 g/mol. The van der Waals surface area contributed by atoms with Crippen LogP contribution in [0.4, 0.5) is 0 Å². The molecular weight excluding hydrogens is 538 g/mol. The molecule has 1 atom stereocenters. The first-order valence-corrected chi connectivity index (χ1v) is 15.7. The molecule has 4 rings (SSSR count). The third-order valence-corrected chi connectivity index (χ3v) is 8.46. The smallest absolute Gasteiger partial charge is 0.247 e. The fraction of sp³-hybridized carbons (Fsp3) is 0.375. The number of carbonyl (C=O) groups excluding carboxylic acids is 2. The van der Waals surface area contributed by atoms with E-state index in [1.165, 1.54) is 0 Å². The van der Waals surface area contributed by atoms with Gasteiger partial charge in [-0.05, 0) is 61.4 Å². The average Bonchev–Trinajstić information content (AvgIpc) is 3.80. The maximum absolute atomic E-state index is 13.8. The van der Waals surface area contributed by atoms with Crippen molar-refractivity contribution >= 4 is 21.8 Å². The van der Waals surface area contributed by atoms with Gasteiger partial charge in [-0.1, -0.05) is 72.8 Å². The predicted octanol–water partition coefficient (Wildman–Crippen LogP) is 4.37. The van der Waals surface area contributed by atoms with Crippen LogP contribution >= 0.6 is 0 Å². The molecular formula is C32H39N3O5S. The lowest BCUT2D eigenvalue weighted by Crippen LogP contribution is -2.43. The molecule has 2 amide bonds. The summed E-state index contributed by atoms with van der Waals surface area (Å²) in [5.41, 5.74) is 2.50. The van der Waals surface area contributed by atoms with E-state index in [1.807, 2.05) is 67.6 Å². The highest BCUT2D eigenvalue weighted by atomic mass is 32.2. The van der Waals surface area contributed by atoms with Crippen LogP contribution in [0.2, 0.25) is 0 Å². The molecule has 3 aromatic carbocycles. The van der Waals surface area contributed by atoms with Crippen molar-refractivity contribution in [2.45, 2.75) is 62.6 Å². The SMILES string of the molecule is CCOCCCNC(=O)[C@@H](c1ccccc1)N(Cc1ccccc1)C(=O)CCc1ccc(S(=O)(=O)NC2CC2)cc1. The molecule has 0 bridgehead atoms. The first kappa shape index (κ1) is 30.4. The summed E-state index contributed by atoms with van der Waals surface area (Å²) in [5.74, 6) is -0.408. The van der Waals surface area contributed by atoms with Gasteiger partial charge >= 0.3 is 0 Å². The van der Waals surface area contributed by atoms with Crippen LogP contribution in [0.3, 0.4) is 0 Å². The number of amides is 2. The fourth-order valence-electron chi connectivity index (χ4n) is 4.56. The molecule has 41 heavy (non-hydrogen) atoms. The van der Waals surface area contributed by atoms with Gasteiger partial charge in [-0.25, -0.2) is 13.1 Å². The van der Waals surface area contributed by atoms with E-state index in [-0.39, 0.29) is 35.7 Å². The molecule has 1 fully saturated rings. The van der Waals surface area contributed by atoms with E-state index >= 15 is 0 Å². The van der Waals surface area contributed by atoms with Gasteiger partial charge in [-0.2, -0.15) is 0 Å². The van der Waals surface area contributed by atoms with E-state index in [1.54, 1.807) is 29.2 Å². The highest BCUT2D eigenvalue weighted by molar-refractivity contribution is 7.89. The summed E-state index contributed by atoms with van der Waals surface area (Å²) in [6.07, 6.45) is 3.00. The molecule has 0 aromatic heterocycles.